The van der Waals surface area contributed by atoms with Gasteiger partial charge in [-0.3, -0.25) is 9.78 Å². The molecular formula is C13H9N3O. The summed E-state index contributed by atoms with van der Waals surface area (Å²) in [5.74, 6) is 0.692. The highest BCUT2D eigenvalue weighted by atomic mass is 16.1. The Balaban J connectivity index is 2.14. The van der Waals surface area contributed by atoms with E-state index in [2.05, 4.69) is 15.0 Å². The van der Waals surface area contributed by atoms with E-state index in [1.165, 1.54) is 6.20 Å². The molecule has 3 rings (SSSR count). The minimum absolute atomic E-state index is 0.478. The van der Waals surface area contributed by atoms with Gasteiger partial charge in [-0.1, -0.05) is 6.07 Å². The summed E-state index contributed by atoms with van der Waals surface area (Å²) in [4.78, 5) is 21.9. The number of carbonyl (C=O) groups is 1. The molecule has 4 nitrogen and oxygen atoms in total. The minimum Gasteiger partial charge on any atom is -0.336 e. The Labute approximate surface area is 97.3 Å². The van der Waals surface area contributed by atoms with Gasteiger partial charge in [0.2, 0.25) is 0 Å². The number of aldehydes is 1. The first-order valence-electron chi connectivity index (χ1n) is 5.22. The zero-order valence-corrected chi connectivity index (χ0v) is 8.92. The zero-order valence-electron chi connectivity index (χ0n) is 8.92. The van der Waals surface area contributed by atoms with Gasteiger partial charge in [0.15, 0.2) is 6.29 Å². The molecule has 1 N–H and O–H groups in total. The quantitative estimate of drug-likeness (QED) is 0.679. The Morgan fingerprint density at radius 1 is 1.18 bits per heavy atom. The molecular weight excluding hydrogens is 214 g/mol. The first kappa shape index (κ1) is 9.72. The number of fused-ring (bicyclic) bond motifs is 1. The number of rotatable bonds is 2. The average molecular weight is 223 g/mol. The van der Waals surface area contributed by atoms with Crippen molar-refractivity contribution in [1.82, 2.24) is 15.0 Å². The lowest BCUT2D eigenvalue weighted by atomic mass is 10.1. The maximum Gasteiger partial charge on any atom is 0.167 e. The molecule has 0 saturated heterocycles. The van der Waals surface area contributed by atoms with Gasteiger partial charge in [0, 0.05) is 17.1 Å². The third-order valence-electron chi connectivity index (χ3n) is 2.60. The largest absolute Gasteiger partial charge is 0.336 e. The van der Waals surface area contributed by atoms with Crippen LogP contribution in [0.25, 0.3) is 22.3 Å². The lowest BCUT2D eigenvalue weighted by Gasteiger charge is -1.99. The molecule has 3 aromatic rings. The Bertz CT molecular complexity index is 688. The molecule has 0 aliphatic rings. The smallest absolute Gasteiger partial charge is 0.167 e. The summed E-state index contributed by atoms with van der Waals surface area (Å²) in [6, 6.07) is 9.76. The van der Waals surface area contributed by atoms with Crippen LogP contribution in [0.15, 0.2) is 42.7 Å². The van der Waals surface area contributed by atoms with Gasteiger partial charge in [-0.2, -0.15) is 0 Å². The molecule has 0 fully saturated rings. The van der Waals surface area contributed by atoms with Crippen LogP contribution in [-0.4, -0.2) is 21.2 Å². The predicted octanol–water partition coefficient (Wildman–Crippen LogP) is 2.44. The molecule has 82 valence electrons. The summed E-state index contributed by atoms with van der Waals surface area (Å²) >= 11 is 0. The van der Waals surface area contributed by atoms with Crippen molar-refractivity contribution in [3.8, 4) is 11.4 Å². The summed E-state index contributed by atoms with van der Waals surface area (Å²) in [6.45, 7) is 0. The number of nitrogens with one attached hydrogen (secondary N) is 1. The van der Waals surface area contributed by atoms with Crippen molar-refractivity contribution in [3.63, 3.8) is 0 Å². The molecule has 0 saturated carbocycles. The Kier molecular flexibility index (Phi) is 2.19. The summed E-state index contributed by atoms with van der Waals surface area (Å²) in [7, 11) is 0. The first-order valence-corrected chi connectivity index (χ1v) is 5.22. The highest BCUT2D eigenvalue weighted by molar-refractivity contribution is 5.83. The summed E-state index contributed by atoms with van der Waals surface area (Å²) in [5.41, 5.74) is 2.36. The van der Waals surface area contributed by atoms with E-state index in [0.717, 1.165) is 22.8 Å². The van der Waals surface area contributed by atoms with Gasteiger partial charge in [-0.05, 0) is 24.3 Å². The van der Waals surface area contributed by atoms with Crippen LogP contribution in [0.2, 0.25) is 0 Å². The average Bonchev–Trinajstić information content (AvgIpc) is 2.87. The molecule has 0 aliphatic carbocycles. The van der Waals surface area contributed by atoms with E-state index in [4.69, 9.17) is 0 Å². The molecule has 2 heterocycles. The van der Waals surface area contributed by atoms with Crippen LogP contribution in [0.5, 0.6) is 0 Å². The SMILES string of the molecule is O=Cc1cnc(-c2ccc3ncccc3c2)[nH]1. The molecule has 0 bridgehead atoms. The number of hydrogen-bond donors (Lipinski definition) is 1. The maximum absolute atomic E-state index is 10.6. The van der Waals surface area contributed by atoms with Crippen LogP contribution in [0, 0.1) is 0 Å². The molecule has 0 spiro atoms. The topological polar surface area (TPSA) is 58.6 Å². The fraction of sp³-hybridized carbons (Fsp3) is 0. The molecule has 1 aromatic carbocycles. The molecule has 0 unspecified atom stereocenters. The lowest BCUT2D eigenvalue weighted by molar-refractivity contribution is 0.111. The zero-order chi connectivity index (χ0) is 11.7. The number of carbonyl (C=O) groups excluding carboxylic acids is 1. The highest BCUT2D eigenvalue weighted by Gasteiger charge is 2.04. The molecule has 0 radical (unpaired) electrons. The number of H-pyrrole nitrogens is 1. The van der Waals surface area contributed by atoms with Crippen molar-refractivity contribution in [1.29, 1.82) is 0 Å². The normalized spacial score (nSPS) is 10.6. The second-order valence-corrected chi connectivity index (χ2v) is 3.72. The van der Waals surface area contributed by atoms with Crippen LogP contribution in [-0.2, 0) is 0 Å². The van der Waals surface area contributed by atoms with Gasteiger partial charge in [0.1, 0.15) is 5.82 Å². The van der Waals surface area contributed by atoms with Crippen molar-refractivity contribution >= 4 is 17.2 Å². The fourth-order valence-corrected chi connectivity index (χ4v) is 1.76. The Hall–Kier alpha value is -2.49. The number of aromatic nitrogens is 3. The summed E-state index contributed by atoms with van der Waals surface area (Å²) in [5, 5.41) is 1.05. The van der Waals surface area contributed by atoms with E-state index in [-0.39, 0.29) is 0 Å². The summed E-state index contributed by atoms with van der Waals surface area (Å²) < 4.78 is 0. The van der Waals surface area contributed by atoms with Crippen LogP contribution < -0.4 is 0 Å². The highest BCUT2D eigenvalue weighted by Crippen LogP contribution is 2.20. The second kappa shape index (κ2) is 3.83. The molecule has 0 amide bonds. The molecule has 4 heteroatoms. The van der Waals surface area contributed by atoms with Gasteiger partial charge in [-0.15, -0.1) is 0 Å². The lowest BCUT2D eigenvalue weighted by Crippen LogP contribution is -1.83. The van der Waals surface area contributed by atoms with Crippen molar-refractivity contribution in [2.24, 2.45) is 0 Å². The number of hydrogen-bond acceptors (Lipinski definition) is 3. The number of aromatic amines is 1. The Morgan fingerprint density at radius 2 is 2.12 bits per heavy atom. The van der Waals surface area contributed by atoms with Gasteiger partial charge < -0.3 is 4.98 Å². The van der Waals surface area contributed by atoms with Crippen molar-refractivity contribution in [2.75, 3.05) is 0 Å². The van der Waals surface area contributed by atoms with Crippen molar-refractivity contribution < 1.29 is 4.79 Å². The van der Waals surface area contributed by atoms with Crippen molar-refractivity contribution in [3.05, 3.63) is 48.4 Å². The first-order chi connectivity index (χ1) is 8.36. The molecule has 0 aliphatic heterocycles. The van der Waals surface area contributed by atoms with Crippen LogP contribution in [0.1, 0.15) is 10.5 Å². The van der Waals surface area contributed by atoms with Crippen LogP contribution in [0.4, 0.5) is 0 Å². The van der Waals surface area contributed by atoms with Gasteiger partial charge >= 0.3 is 0 Å². The van der Waals surface area contributed by atoms with Gasteiger partial charge in [0.25, 0.3) is 0 Å². The number of nitrogens with zero attached hydrogens (tertiary/aromatic N) is 2. The van der Waals surface area contributed by atoms with E-state index >= 15 is 0 Å². The minimum atomic E-state index is 0.478. The van der Waals surface area contributed by atoms with E-state index in [1.54, 1.807) is 6.20 Å². The number of imidazole rings is 1. The third-order valence-corrected chi connectivity index (χ3v) is 2.60. The number of pyridine rings is 1. The van der Waals surface area contributed by atoms with Crippen LogP contribution >= 0.6 is 0 Å². The summed E-state index contributed by atoms with van der Waals surface area (Å²) in [6.07, 6.45) is 4.04. The van der Waals surface area contributed by atoms with Crippen molar-refractivity contribution in [2.45, 2.75) is 0 Å². The standard InChI is InChI=1S/C13H9N3O/c17-8-11-7-15-13(16-11)10-3-4-12-9(6-10)2-1-5-14-12/h1-8H,(H,15,16). The fourth-order valence-electron chi connectivity index (χ4n) is 1.76. The molecule has 17 heavy (non-hydrogen) atoms. The van der Waals surface area contributed by atoms with E-state index in [1.807, 2.05) is 30.3 Å². The van der Waals surface area contributed by atoms with Gasteiger partial charge in [0.05, 0.1) is 17.4 Å². The predicted molar refractivity (Wildman–Crippen MR) is 64.7 cm³/mol. The van der Waals surface area contributed by atoms with Crippen LogP contribution in [0.3, 0.4) is 0 Å². The third kappa shape index (κ3) is 1.69. The molecule has 0 atom stereocenters. The Morgan fingerprint density at radius 3 is 2.94 bits per heavy atom. The second-order valence-electron chi connectivity index (χ2n) is 3.72. The van der Waals surface area contributed by atoms with E-state index in [0.29, 0.717) is 11.5 Å². The van der Waals surface area contributed by atoms with E-state index in [9.17, 15) is 4.79 Å². The maximum atomic E-state index is 10.6. The monoisotopic (exact) mass is 223 g/mol. The number of benzene rings is 1. The molecule has 2 aromatic heterocycles. The van der Waals surface area contributed by atoms with E-state index < -0.39 is 0 Å². The van der Waals surface area contributed by atoms with Gasteiger partial charge in [-0.25, -0.2) is 4.98 Å².